The highest BCUT2D eigenvalue weighted by molar-refractivity contribution is 9.10. The number of rotatable bonds is 1. The molecule has 0 bridgehead atoms. The van der Waals surface area contributed by atoms with Gasteiger partial charge < -0.3 is 4.90 Å². The lowest BCUT2D eigenvalue weighted by atomic mass is 9.96. The zero-order chi connectivity index (χ0) is 15.9. The predicted molar refractivity (Wildman–Crippen MR) is 94.8 cm³/mol. The zero-order valence-corrected chi connectivity index (χ0v) is 14.8. The topological polar surface area (TPSA) is 20.3 Å². The number of carbonyl (C=O) groups is 1. The molecule has 0 atom stereocenters. The van der Waals surface area contributed by atoms with Gasteiger partial charge in [-0.2, -0.15) is 0 Å². The maximum absolute atomic E-state index is 13.1. The molecule has 0 unspecified atom stereocenters. The normalized spacial score (nSPS) is 13.9. The number of aryl methyl sites for hydroxylation is 1. The summed E-state index contributed by atoms with van der Waals surface area (Å²) in [7, 11) is 0. The maximum atomic E-state index is 13.1. The van der Waals surface area contributed by atoms with Gasteiger partial charge in [0.25, 0.3) is 5.91 Å². The Bertz CT molecular complexity index is 751. The summed E-state index contributed by atoms with van der Waals surface area (Å²) < 4.78 is 1.00. The zero-order valence-electron chi connectivity index (χ0n) is 13.2. The molecule has 1 aliphatic rings. The van der Waals surface area contributed by atoms with Crippen LogP contribution in [0.15, 0.2) is 34.8 Å². The van der Waals surface area contributed by atoms with Gasteiger partial charge >= 0.3 is 0 Å². The third-order valence-electron chi connectivity index (χ3n) is 4.74. The molecule has 0 aliphatic carbocycles. The van der Waals surface area contributed by atoms with Crippen LogP contribution in [0.2, 0.25) is 0 Å². The number of benzene rings is 2. The molecule has 0 aromatic heterocycles. The van der Waals surface area contributed by atoms with Gasteiger partial charge in [0.15, 0.2) is 0 Å². The highest BCUT2D eigenvalue weighted by Crippen LogP contribution is 2.31. The molecule has 114 valence electrons. The monoisotopic (exact) mass is 357 g/mol. The van der Waals surface area contributed by atoms with Crippen molar-refractivity contribution >= 4 is 27.5 Å². The summed E-state index contributed by atoms with van der Waals surface area (Å²) in [6, 6.07) is 10.2. The first-order valence-corrected chi connectivity index (χ1v) is 8.46. The number of para-hydroxylation sites is 1. The molecule has 1 amide bonds. The first-order chi connectivity index (χ1) is 10.5. The first-order valence-electron chi connectivity index (χ1n) is 7.66. The van der Waals surface area contributed by atoms with Crippen LogP contribution < -0.4 is 4.90 Å². The van der Waals surface area contributed by atoms with Gasteiger partial charge in [-0.15, -0.1) is 0 Å². The van der Waals surface area contributed by atoms with Crippen LogP contribution in [0.5, 0.6) is 0 Å². The fourth-order valence-electron chi connectivity index (χ4n) is 3.12. The van der Waals surface area contributed by atoms with Crippen molar-refractivity contribution in [1.29, 1.82) is 0 Å². The Morgan fingerprint density at radius 2 is 1.82 bits per heavy atom. The van der Waals surface area contributed by atoms with E-state index in [0.717, 1.165) is 40.7 Å². The second-order valence-corrected chi connectivity index (χ2v) is 6.82. The van der Waals surface area contributed by atoms with Crippen LogP contribution >= 0.6 is 15.9 Å². The van der Waals surface area contributed by atoms with Gasteiger partial charge in [-0.3, -0.25) is 4.79 Å². The summed E-state index contributed by atoms with van der Waals surface area (Å²) in [6.45, 7) is 6.99. The fraction of sp³-hybridized carbons (Fsp3) is 0.316. The van der Waals surface area contributed by atoms with Crippen molar-refractivity contribution in [2.75, 3.05) is 11.4 Å². The van der Waals surface area contributed by atoms with Crippen LogP contribution in [-0.2, 0) is 6.42 Å². The molecule has 1 heterocycles. The summed E-state index contributed by atoms with van der Waals surface area (Å²) in [5.74, 6) is 0.105. The largest absolute Gasteiger partial charge is 0.308 e. The molecule has 3 heteroatoms. The lowest BCUT2D eigenvalue weighted by Gasteiger charge is -2.30. The lowest BCUT2D eigenvalue weighted by Crippen LogP contribution is -2.36. The number of fused-ring (bicyclic) bond motifs is 1. The van der Waals surface area contributed by atoms with Crippen LogP contribution in [0.3, 0.4) is 0 Å². The maximum Gasteiger partial charge on any atom is 0.258 e. The standard InChI is InChI=1S/C19H20BrNO/c1-12-13(2)16(11-17(20)14(12)3)19(22)21-10-6-8-15-7-4-5-9-18(15)21/h4-5,7,9,11H,6,8,10H2,1-3H3. The van der Waals surface area contributed by atoms with Crippen LogP contribution in [0, 0.1) is 20.8 Å². The summed E-state index contributed by atoms with van der Waals surface area (Å²) in [4.78, 5) is 15.0. The van der Waals surface area contributed by atoms with E-state index in [-0.39, 0.29) is 5.91 Å². The average molecular weight is 358 g/mol. The molecule has 3 rings (SSSR count). The Morgan fingerprint density at radius 1 is 1.09 bits per heavy atom. The van der Waals surface area contributed by atoms with E-state index in [1.807, 2.05) is 30.0 Å². The van der Waals surface area contributed by atoms with Gasteiger partial charge in [-0.25, -0.2) is 0 Å². The molecule has 0 spiro atoms. The van der Waals surface area contributed by atoms with E-state index in [1.54, 1.807) is 0 Å². The van der Waals surface area contributed by atoms with Gasteiger partial charge in [0.05, 0.1) is 0 Å². The molecule has 22 heavy (non-hydrogen) atoms. The number of amides is 1. The van der Waals surface area contributed by atoms with Gasteiger partial charge in [-0.1, -0.05) is 34.1 Å². The van der Waals surface area contributed by atoms with Gasteiger partial charge in [0.2, 0.25) is 0 Å². The molecular formula is C19H20BrNO. The first kappa shape index (κ1) is 15.3. The minimum absolute atomic E-state index is 0.105. The van der Waals surface area contributed by atoms with Crippen molar-refractivity contribution in [3.05, 3.63) is 62.6 Å². The van der Waals surface area contributed by atoms with Crippen molar-refractivity contribution in [2.45, 2.75) is 33.6 Å². The molecule has 2 nitrogen and oxygen atoms in total. The average Bonchev–Trinajstić information content (AvgIpc) is 2.55. The quantitative estimate of drug-likeness (QED) is 0.705. The SMILES string of the molecule is Cc1c(Br)cc(C(=O)N2CCCc3ccccc32)c(C)c1C. The molecule has 0 fully saturated rings. The van der Waals surface area contributed by atoms with E-state index in [4.69, 9.17) is 0 Å². The number of nitrogens with zero attached hydrogens (tertiary/aromatic N) is 1. The smallest absolute Gasteiger partial charge is 0.258 e. The fourth-order valence-corrected chi connectivity index (χ4v) is 3.64. The molecular weight excluding hydrogens is 338 g/mol. The van der Waals surface area contributed by atoms with E-state index in [1.165, 1.54) is 16.7 Å². The minimum atomic E-state index is 0.105. The molecule has 0 saturated heterocycles. The summed E-state index contributed by atoms with van der Waals surface area (Å²) in [5.41, 5.74) is 6.59. The Morgan fingerprint density at radius 3 is 2.59 bits per heavy atom. The van der Waals surface area contributed by atoms with Gasteiger partial charge in [0.1, 0.15) is 0 Å². The van der Waals surface area contributed by atoms with Crippen molar-refractivity contribution in [1.82, 2.24) is 0 Å². The van der Waals surface area contributed by atoms with Crippen LogP contribution in [0.4, 0.5) is 5.69 Å². The predicted octanol–water partition coefficient (Wildman–Crippen LogP) is 4.97. The molecule has 0 radical (unpaired) electrons. The summed E-state index contributed by atoms with van der Waals surface area (Å²) in [5, 5.41) is 0. The van der Waals surface area contributed by atoms with E-state index >= 15 is 0 Å². The number of hydrogen-bond donors (Lipinski definition) is 0. The lowest BCUT2D eigenvalue weighted by molar-refractivity contribution is 0.0984. The molecule has 0 saturated carbocycles. The third-order valence-corrected chi connectivity index (χ3v) is 5.57. The number of carbonyl (C=O) groups excluding carboxylic acids is 1. The summed E-state index contributed by atoms with van der Waals surface area (Å²) >= 11 is 3.58. The summed E-state index contributed by atoms with van der Waals surface area (Å²) in [6.07, 6.45) is 2.07. The second-order valence-electron chi connectivity index (χ2n) is 5.97. The van der Waals surface area contributed by atoms with E-state index in [9.17, 15) is 4.79 Å². The van der Waals surface area contributed by atoms with E-state index < -0.39 is 0 Å². The Balaban J connectivity index is 2.07. The Hall–Kier alpha value is -1.61. The van der Waals surface area contributed by atoms with Crippen LogP contribution in [0.25, 0.3) is 0 Å². The molecule has 2 aromatic carbocycles. The number of anilines is 1. The second kappa shape index (κ2) is 5.88. The Kier molecular flexibility index (Phi) is 4.09. The number of hydrogen-bond acceptors (Lipinski definition) is 1. The molecule has 2 aromatic rings. The highest BCUT2D eigenvalue weighted by Gasteiger charge is 2.25. The van der Waals surface area contributed by atoms with Crippen LogP contribution in [0.1, 0.15) is 39.0 Å². The van der Waals surface area contributed by atoms with Crippen molar-refractivity contribution < 1.29 is 4.79 Å². The van der Waals surface area contributed by atoms with Gasteiger partial charge in [-0.05, 0) is 68.0 Å². The van der Waals surface area contributed by atoms with Crippen molar-refractivity contribution in [3.8, 4) is 0 Å². The number of halogens is 1. The van der Waals surface area contributed by atoms with E-state index in [0.29, 0.717) is 0 Å². The third kappa shape index (κ3) is 2.48. The Labute approximate surface area is 140 Å². The minimum Gasteiger partial charge on any atom is -0.308 e. The van der Waals surface area contributed by atoms with E-state index in [2.05, 4.69) is 41.9 Å². The van der Waals surface area contributed by atoms with Crippen molar-refractivity contribution in [2.24, 2.45) is 0 Å². The highest BCUT2D eigenvalue weighted by atomic mass is 79.9. The van der Waals surface area contributed by atoms with Gasteiger partial charge in [0, 0.05) is 22.3 Å². The van der Waals surface area contributed by atoms with Crippen molar-refractivity contribution in [3.63, 3.8) is 0 Å². The molecule has 1 aliphatic heterocycles. The van der Waals surface area contributed by atoms with Crippen LogP contribution in [-0.4, -0.2) is 12.5 Å². The molecule has 0 N–H and O–H groups in total.